The van der Waals surface area contributed by atoms with Gasteiger partial charge < -0.3 is 24.3 Å². The molecule has 248 valence electrons. The maximum atomic E-state index is 13.7. The summed E-state index contributed by atoms with van der Waals surface area (Å²) in [6.07, 6.45) is -3.08. The quantitative estimate of drug-likeness (QED) is 0.194. The van der Waals surface area contributed by atoms with Crippen molar-refractivity contribution in [3.05, 3.63) is 114 Å². The van der Waals surface area contributed by atoms with E-state index in [1.165, 1.54) is 11.8 Å². The molecule has 12 heteroatoms. The molecule has 0 spiro atoms. The van der Waals surface area contributed by atoms with Crippen LogP contribution in [0.5, 0.6) is 17.4 Å². The monoisotopic (exact) mass is 657 g/mol. The Morgan fingerprint density at radius 1 is 0.938 bits per heavy atom. The van der Waals surface area contributed by atoms with Crippen LogP contribution in [0.3, 0.4) is 0 Å². The van der Waals surface area contributed by atoms with E-state index in [0.29, 0.717) is 23.7 Å². The van der Waals surface area contributed by atoms with Crippen LogP contribution in [0.2, 0.25) is 0 Å². The fraction of sp³-hybridized carbons (Fsp3) is 0.250. The molecular formula is C36H34F3N5O4. The summed E-state index contributed by atoms with van der Waals surface area (Å²) in [5.74, 6) is 1.03. The van der Waals surface area contributed by atoms with Gasteiger partial charge in [-0.05, 0) is 79.2 Å². The van der Waals surface area contributed by atoms with Crippen LogP contribution >= 0.6 is 0 Å². The Morgan fingerprint density at radius 3 is 2.31 bits per heavy atom. The molecule has 0 aliphatic carbocycles. The lowest BCUT2D eigenvalue weighted by molar-refractivity contribution is -0.137. The largest absolute Gasteiger partial charge is 0.497 e. The minimum Gasteiger partial charge on any atom is -0.497 e. The molecule has 5 aromatic rings. The highest BCUT2D eigenvalue weighted by Gasteiger charge is 2.31. The maximum absolute atomic E-state index is 13.7. The van der Waals surface area contributed by atoms with E-state index < -0.39 is 17.6 Å². The number of nitrogens with one attached hydrogen (secondary N) is 1. The van der Waals surface area contributed by atoms with E-state index in [1.807, 2.05) is 46.8 Å². The lowest BCUT2D eigenvalue weighted by Gasteiger charge is -2.40. The van der Waals surface area contributed by atoms with Crippen LogP contribution in [-0.4, -0.2) is 64.0 Å². The fourth-order valence-electron chi connectivity index (χ4n) is 5.86. The number of piperazine rings is 1. The number of hydrogen-bond donors (Lipinski definition) is 1. The average Bonchev–Trinajstić information content (AvgIpc) is 3.40. The van der Waals surface area contributed by atoms with Crippen LogP contribution in [0.15, 0.2) is 91.1 Å². The van der Waals surface area contributed by atoms with E-state index in [9.17, 15) is 22.8 Å². The zero-order chi connectivity index (χ0) is 34.0. The van der Waals surface area contributed by atoms with Gasteiger partial charge in [0, 0.05) is 61.8 Å². The first-order valence-electron chi connectivity index (χ1n) is 15.4. The number of fused-ring (bicyclic) bond motifs is 1. The summed E-state index contributed by atoms with van der Waals surface area (Å²) in [6, 6.07) is 22.6. The molecule has 3 aromatic carbocycles. The number of halogens is 3. The Labute approximate surface area is 275 Å². The minimum atomic E-state index is -4.48. The lowest BCUT2D eigenvalue weighted by atomic mass is 10.1. The van der Waals surface area contributed by atoms with E-state index >= 15 is 0 Å². The number of carbonyl (C=O) groups excluding carboxylic acids is 2. The van der Waals surface area contributed by atoms with Gasteiger partial charge in [0.2, 0.25) is 5.88 Å². The van der Waals surface area contributed by atoms with Gasteiger partial charge in [0.15, 0.2) is 0 Å². The molecule has 48 heavy (non-hydrogen) atoms. The second kappa shape index (κ2) is 13.4. The molecule has 0 saturated carbocycles. The molecule has 0 radical (unpaired) electrons. The van der Waals surface area contributed by atoms with E-state index in [4.69, 9.17) is 9.47 Å². The summed E-state index contributed by atoms with van der Waals surface area (Å²) in [7, 11) is 3.53. The molecular weight excluding hydrogens is 623 g/mol. The van der Waals surface area contributed by atoms with Crippen molar-refractivity contribution >= 4 is 28.4 Å². The molecule has 2 aromatic heterocycles. The number of rotatable bonds is 8. The van der Waals surface area contributed by atoms with Gasteiger partial charge in [-0.3, -0.25) is 14.5 Å². The van der Waals surface area contributed by atoms with Crippen LogP contribution in [-0.2, 0) is 19.8 Å². The fourth-order valence-corrected chi connectivity index (χ4v) is 5.86. The van der Waals surface area contributed by atoms with Crippen molar-refractivity contribution in [1.82, 2.24) is 19.4 Å². The first-order chi connectivity index (χ1) is 23.0. The van der Waals surface area contributed by atoms with Crippen LogP contribution in [0.25, 0.3) is 10.9 Å². The summed E-state index contributed by atoms with van der Waals surface area (Å²) in [5.41, 5.74) is 2.27. The highest BCUT2D eigenvalue weighted by molar-refractivity contribution is 6.04. The number of amides is 2. The second-order valence-corrected chi connectivity index (χ2v) is 11.8. The summed E-state index contributed by atoms with van der Waals surface area (Å²) in [5, 5.41) is 3.45. The minimum absolute atomic E-state index is 0.0247. The van der Waals surface area contributed by atoms with Crippen molar-refractivity contribution in [3.8, 4) is 17.4 Å². The van der Waals surface area contributed by atoms with Crippen LogP contribution in [0.4, 0.5) is 18.9 Å². The van der Waals surface area contributed by atoms with Crippen molar-refractivity contribution in [3.63, 3.8) is 0 Å². The van der Waals surface area contributed by atoms with E-state index in [1.54, 1.807) is 25.3 Å². The number of anilines is 1. The zero-order valence-corrected chi connectivity index (χ0v) is 26.6. The smallest absolute Gasteiger partial charge is 0.416 e. The van der Waals surface area contributed by atoms with Gasteiger partial charge >= 0.3 is 6.18 Å². The van der Waals surface area contributed by atoms with Crippen molar-refractivity contribution in [2.45, 2.75) is 25.7 Å². The predicted octanol–water partition coefficient (Wildman–Crippen LogP) is 6.99. The normalized spacial score (nSPS) is 15.4. The van der Waals surface area contributed by atoms with Gasteiger partial charge in [-0.2, -0.15) is 13.2 Å². The van der Waals surface area contributed by atoms with Crippen molar-refractivity contribution in [2.75, 3.05) is 32.1 Å². The molecule has 1 atom stereocenters. The second-order valence-electron chi connectivity index (χ2n) is 11.8. The van der Waals surface area contributed by atoms with Gasteiger partial charge in [0.25, 0.3) is 11.8 Å². The lowest BCUT2D eigenvalue weighted by Crippen LogP contribution is -2.53. The summed E-state index contributed by atoms with van der Waals surface area (Å²) in [6.45, 7) is 5.05. The molecule has 1 aliphatic heterocycles. The first kappa shape index (κ1) is 32.6. The Hall–Kier alpha value is -5.36. The molecule has 2 amide bonds. The summed E-state index contributed by atoms with van der Waals surface area (Å²) < 4.78 is 51.5. The summed E-state index contributed by atoms with van der Waals surface area (Å²) in [4.78, 5) is 34.7. The Kier molecular flexibility index (Phi) is 9.09. The number of carbonyl (C=O) groups is 2. The standard InChI is InChI=1S/C36H34F3N5O4/c1-23-21-43(22-24-4-11-29(47-3)12-5-24)16-17-44(23)35(46)32-19-26-18-30(13-14-31(26)42(32)2)48-33-15-10-28(20-40-33)41-34(45)25-6-8-27(9-7-25)36(37,38)39/h4-15,18-20,23H,16-17,21-22H2,1-3H3,(H,41,45)/t23-/m0/s1. The highest BCUT2D eigenvalue weighted by atomic mass is 19.4. The molecule has 1 saturated heterocycles. The summed E-state index contributed by atoms with van der Waals surface area (Å²) >= 11 is 0. The molecule has 1 fully saturated rings. The highest BCUT2D eigenvalue weighted by Crippen LogP contribution is 2.30. The SMILES string of the molecule is COc1ccc(CN2CCN(C(=O)c3cc4cc(Oc5ccc(NC(=O)c6ccc(C(F)(F)F)cc6)cn5)ccc4n3C)[C@@H](C)C2)cc1. The number of pyridine rings is 1. The van der Waals surface area contributed by atoms with Gasteiger partial charge in [0.05, 0.1) is 24.6 Å². The topological polar surface area (TPSA) is 88.9 Å². The molecule has 6 rings (SSSR count). The van der Waals surface area contributed by atoms with Crippen LogP contribution in [0.1, 0.15) is 38.9 Å². The number of aryl methyl sites for hydroxylation is 1. The number of hydrogen-bond acceptors (Lipinski definition) is 6. The van der Waals surface area contributed by atoms with Crippen LogP contribution in [0, 0.1) is 0 Å². The third-order valence-corrected chi connectivity index (χ3v) is 8.46. The zero-order valence-electron chi connectivity index (χ0n) is 26.6. The predicted molar refractivity (Wildman–Crippen MR) is 175 cm³/mol. The van der Waals surface area contributed by atoms with Crippen molar-refractivity contribution in [2.24, 2.45) is 7.05 Å². The Bertz CT molecular complexity index is 1920. The Morgan fingerprint density at radius 2 is 1.67 bits per heavy atom. The number of alkyl halides is 3. The molecule has 1 N–H and O–H groups in total. The molecule has 3 heterocycles. The van der Waals surface area contributed by atoms with Crippen molar-refractivity contribution in [1.29, 1.82) is 0 Å². The number of ether oxygens (including phenoxy) is 2. The molecule has 1 aliphatic rings. The third kappa shape index (κ3) is 7.13. The number of benzene rings is 3. The number of aromatic nitrogens is 2. The molecule has 0 unspecified atom stereocenters. The number of methoxy groups -OCH3 is 1. The van der Waals surface area contributed by atoms with E-state index in [0.717, 1.165) is 60.6 Å². The van der Waals surface area contributed by atoms with E-state index in [-0.39, 0.29) is 23.4 Å². The van der Waals surface area contributed by atoms with Gasteiger partial charge in [-0.25, -0.2) is 4.98 Å². The first-order valence-corrected chi connectivity index (χ1v) is 15.4. The van der Waals surface area contributed by atoms with Gasteiger partial charge in [-0.15, -0.1) is 0 Å². The maximum Gasteiger partial charge on any atom is 0.416 e. The average molecular weight is 658 g/mol. The van der Waals surface area contributed by atoms with E-state index in [2.05, 4.69) is 34.3 Å². The van der Waals surface area contributed by atoms with Crippen molar-refractivity contribution < 1.29 is 32.2 Å². The molecule has 9 nitrogen and oxygen atoms in total. The Balaban J connectivity index is 1.07. The van der Waals surface area contributed by atoms with Gasteiger partial charge in [0.1, 0.15) is 17.2 Å². The molecule has 0 bridgehead atoms. The van der Waals surface area contributed by atoms with Gasteiger partial charge in [-0.1, -0.05) is 12.1 Å². The number of nitrogens with zero attached hydrogens (tertiary/aromatic N) is 4. The van der Waals surface area contributed by atoms with Crippen LogP contribution < -0.4 is 14.8 Å². The third-order valence-electron chi connectivity index (χ3n) is 8.46.